The molecule has 0 bridgehead atoms. The molecule has 0 atom stereocenters. The third-order valence-electron chi connectivity index (χ3n) is 3.02. The van der Waals surface area contributed by atoms with E-state index in [1.54, 1.807) is 6.26 Å². The zero-order valence-electron chi connectivity index (χ0n) is 9.99. The first-order chi connectivity index (χ1) is 7.22. The van der Waals surface area contributed by atoms with E-state index in [1.165, 1.54) is 12.8 Å². The van der Waals surface area contributed by atoms with Gasteiger partial charge in [-0.1, -0.05) is 13.8 Å². The van der Waals surface area contributed by atoms with E-state index in [1.807, 2.05) is 6.07 Å². The van der Waals surface area contributed by atoms with Crippen LogP contribution in [0.5, 0.6) is 0 Å². The van der Waals surface area contributed by atoms with Crippen molar-refractivity contribution in [2.75, 3.05) is 7.05 Å². The van der Waals surface area contributed by atoms with Gasteiger partial charge in [-0.3, -0.25) is 4.90 Å². The van der Waals surface area contributed by atoms with Crippen LogP contribution in [0.15, 0.2) is 16.7 Å². The molecule has 2 N–H and O–H groups in total. The lowest BCUT2D eigenvalue weighted by Crippen LogP contribution is -2.30. The molecule has 0 aliphatic carbocycles. The summed E-state index contributed by atoms with van der Waals surface area (Å²) in [7, 11) is 2.14. The molecule has 0 spiro atoms. The fourth-order valence-electron chi connectivity index (χ4n) is 1.96. The van der Waals surface area contributed by atoms with Gasteiger partial charge in [0.15, 0.2) is 0 Å². The predicted octanol–water partition coefficient (Wildman–Crippen LogP) is 2.36. The Morgan fingerprint density at radius 1 is 1.40 bits per heavy atom. The molecule has 0 saturated carbocycles. The second kappa shape index (κ2) is 5.93. The van der Waals surface area contributed by atoms with Crippen LogP contribution in [-0.4, -0.2) is 18.0 Å². The molecule has 0 aliphatic rings. The minimum atomic E-state index is 0.558. The number of rotatable bonds is 6. The molecule has 0 amide bonds. The van der Waals surface area contributed by atoms with Crippen molar-refractivity contribution in [2.24, 2.45) is 5.73 Å². The van der Waals surface area contributed by atoms with Gasteiger partial charge < -0.3 is 10.2 Å². The van der Waals surface area contributed by atoms with E-state index in [0.29, 0.717) is 12.6 Å². The van der Waals surface area contributed by atoms with Crippen molar-refractivity contribution in [2.45, 2.75) is 45.8 Å². The second-order valence-corrected chi connectivity index (χ2v) is 3.96. The Hall–Kier alpha value is -0.800. The number of hydrogen-bond donors (Lipinski definition) is 1. The molecular weight excluding hydrogens is 188 g/mol. The van der Waals surface area contributed by atoms with Crippen LogP contribution in [0.1, 0.15) is 38.0 Å². The van der Waals surface area contributed by atoms with Crippen LogP contribution in [0.3, 0.4) is 0 Å². The molecule has 0 aliphatic heterocycles. The van der Waals surface area contributed by atoms with E-state index < -0.39 is 0 Å². The maximum atomic E-state index is 5.63. The van der Waals surface area contributed by atoms with Gasteiger partial charge in [-0.2, -0.15) is 0 Å². The Labute approximate surface area is 92.2 Å². The molecule has 3 nitrogen and oxygen atoms in total. The van der Waals surface area contributed by atoms with Gasteiger partial charge >= 0.3 is 0 Å². The quantitative estimate of drug-likeness (QED) is 0.783. The minimum Gasteiger partial charge on any atom is -0.468 e. The van der Waals surface area contributed by atoms with Crippen LogP contribution < -0.4 is 5.73 Å². The van der Waals surface area contributed by atoms with Gasteiger partial charge in [-0.15, -0.1) is 0 Å². The van der Waals surface area contributed by atoms with Crippen LogP contribution in [0.25, 0.3) is 0 Å². The van der Waals surface area contributed by atoms with Crippen molar-refractivity contribution in [3.05, 3.63) is 23.7 Å². The van der Waals surface area contributed by atoms with Gasteiger partial charge in [-0.25, -0.2) is 0 Å². The highest BCUT2D eigenvalue weighted by Gasteiger charge is 2.14. The normalized spacial score (nSPS) is 11.6. The molecule has 1 aromatic heterocycles. The van der Waals surface area contributed by atoms with Gasteiger partial charge in [0.25, 0.3) is 0 Å². The van der Waals surface area contributed by atoms with Gasteiger partial charge in [0.1, 0.15) is 5.76 Å². The summed E-state index contributed by atoms with van der Waals surface area (Å²) in [6.07, 6.45) is 4.07. The largest absolute Gasteiger partial charge is 0.468 e. The molecule has 0 radical (unpaired) electrons. The Bertz CT molecular complexity index is 279. The second-order valence-electron chi connectivity index (χ2n) is 3.96. The van der Waals surface area contributed by atoms with Gasteiger partial charge in [-0.05, 0) is 26.0 Å². The molecule has 0 fully saturated rings. The monoisotopic (exact) mass is 210 g/mol. The average molecular weight is 210 g/mol. The summed E-state index contributed by atoms with van der Waals surface area (Å²) in [6.45, 7) is 5.85. The Morgan fingerprint density at radius 3 is 2.60 bits per heavy atom. The fraction of sp³-hybridized carbons (Fsp3) is 0.667. The van der Waals surface area contributed by atoms with Crippen molar-refractivity contribution in [3.8, 4) is 0 Å². The van der Waals surface area contributed by atoms with E-state index in [-0.39, 0.29) is 0 Å². The SMILES string of the molecule is CCC(CC)N(C)Cc1occc1CN. The molecule has 1 aromatic rings. The van der Waals surface area contributed by atoms with Crippen LogP contribution in [-0.2, 0) is 13.1 Å². The maximum Gasteiger partial charge on any atom is 0.122 e. The van der Waals surface area contributed by atoms with Crippen LogP contribution >= 0.6 is 0 Å². The van der Waals surface area contributed by atoms with Crippen molar-refractivity contribution in [1.29, 1.82) is 0 Å². The number of nitrogens with zero attached hydrogens (tertiary/aromatic N) is 1. The molecule has 86 valence electrons. The molecule has 15 heavy (non-hydrogen) atoms. The van der Waals surface area contributed by atoms with Crippen LogP contribution in [0.2, 0.25) is 0 Å². The predicted molar refractivity (Wildman–Crippen MR) is 62.4 cm³/mol. The van der Waals surface area contributed by atoms with E-state index in [2.05, 4.69) is 25.8 Å². The van der Waals surface area contributed by atoms with E-state index in [0.717, 1.165) is 17.9 Å². The van der Waals surface area contributed by atoms with E-state index in [9.17, 15) is 0 Å². The fourth-order valence-corrected chi connectivity index (χ4v) is 1.96. The molecule has 0 saturated heterocycles. The molecule has 0 unspecified atom stereocenters. The van der Waals surface area contributed by atoms with Crippen LogP contribution in [0, 0.1) is 0 Å². The van der Waals surface area contributed by atoms with E-state index in [4.69, 9.17) is 10.2 Å². The topological polar surface area (TPSA) is 42.4 Å². The van der Waals surface area contributed by atoms with Gasteiger partial charge in [0, 0.05) is 18.2 Å². The first-order valence-corrected chi connectivity index (χ1v) is 5.68. The average Bonchev–Trinajstić information content (AvgIpc) is 2.67. The summed E-state index contributed by atoms with van der Waals surface area (Å²) in [5.41, 5.74) is 6.75. The lowest BCUT2D eigenvalue weighted by atomic mass is 10.1. The number of furan rings is 1. The Balaban J connectivity index is 2.60. The smallest absolute Gasteiger partial charge is 0.122 e. The lowest BCUT2D eigenvalue weighted by Gasteiger charge is -2.25. The zero-order chi connectivity index (χ0) is 11.3. The summed E-state index contributed by atoms with van der Waals surface area (Å²) < 4.78 is 5.44. The van der Waals surface area contributed by atoms with Gasteiger partial charge in [0.05, 0.1) is 12.8 Å². The van der Waals surface area contributed by atoms with E-state index >= 15 is 0 Å². The molecule has 1 heterocycles. The zero-order valence-corrected chi connectivity index (χ0v) is 9.99. The number of nitrogens with two attached hydrogens (primary N) is 1. The van der Waals surface area contributed by atoms with Crippen LogP contribution in [0.4, 0.5) is 0 Å². The first kappa shape index (κ1) is 12.3. The number of hydrogen-bond acceptors (Lipinski definition) is 3. The third-order valence-corrected chi connectivity index (χ3v) is 3.02. The van der Waals surface area contributed by atoms with Gasteiger partial charge in [0.2, 0.25) is 0 Å². The highest BCUT2D eigenvalue weighted by molar-refractivity contribution is 5.16. The highest BCUT2D eigenvalue weighted by atomic mass is 16.3. The molecular formula is C12H22N2O. The molecule has 3 heteroatoms. The lowest BCUT2D eigenvalue weighted by molar-refractivity contribution is 0.205. The van der Waals surface area contributed by atoms with Crippen molar-refractivity contribution >= 4 is 0 Å². The standard InChI is InChI=1S/C12H22N2O/c1-4-11(5-2)14(3)9-12-10(8-13)6-7-15-12/h6-7,11H,4-5,8-9,13H2,1-3H3. The maximum absolute atomic E-state index is 5.63. The summed E-state index contributed by atoms with van der Waals surface area (Å²) in [4.78, 5) is 2.33. The summed E-state index contributed by atoms with van der Waals surface area (Å²) in [6, 6.07) is 2.58. The minimum absolute atomic E-state index is 0.558. The molecule has 0 aromatic carbocycles. The van der Waals surface area contributed by atoms with Crippen molar-refractivity contribution in [3.63, 3.8) is 0 Å². The summed E-state index contributed by atoms with van der Waals surface area (Å²) >= 11 is 0. The van der Waals surface area contributed by atoms with Crippen molar-refractivity contribution < 1.29 is 4.42 Å². The Kier molecular flexibility index (Phi) is 4.85. The summed E-state index contributed by atoms with van der Waals surface area (Å²) in [5.74, 6) is 1.01. The highest BCUT2D eigenvalue weighted by Crippen LogP contribution is 2.15. The van der Waals surface area contributed by atoms with Crippen molar-refractivity contribution in [1.82, 2.24) is 4.90 Å². The Morgan fingerprint density at radius 2 is 2.07 bits per heavy atom. The third kappa shape index (κ3) is 3.08. The molecule has 1 rings (SSSR count). The first-order valence-electron chi connectivity index (χ1n) is 5.68. The summed E-state index contributed by atoms with van der Waals surface area (Å²) in [5, 5.41) is 0.